The van der Waals surface area contributed by atoms with Gasteiger partial charge in [0.2, 0.25) is 0 Å². The molecule has 0 saturated carbocycles. The van der Waals surface area contributed by atoms with E-state index in [2.05, 4.69) is 9.88 Å². The molecule has 1 aliphatic rings. The van der Waals surface area contributed by atoms with E-state index in [-0.39, 0.29) is 17.4 Å². The van der Waals surface area contributed by atoms with Crippen molar-refractivity contribution in [1.82, 2.24) is 9.88 Å². The van der Waals surface area contributed by atoms with E-state index in [1.54, 1.807) is 4.90 Å². The predicted octanol–water partition coefficient (Wildman–Crippen LogP) is 2.50. The Morgan fingerprint density at radius 1 is 1.33 bits per heavy atom. The number of pyridine rings is 1. The van der Waals surface area contributed by atoms with Crippen LogP contribution in [0.15, 0.2) is 12.1 Å². The van der Waals surface area contributed by atoms with Crippen molar-refractivity contribution in [3.8, 4) is 6.07 Å². The summed E-state index contributed by atoms with van der Waals surface area (Å²) >= 11 is 0. The third-order valence-corrected chi connectivity index (χ3v) is 3.60. The molecule has 1 aromatic heterocycles. The molecule has 7 heteroatoms. The van der Waals surface area contributed by atoms with Crippen molar-refractivity contribution in [3.05, 3.63) is 23.4 Å². The molecule has 1 aliphatic heterocycles. The maximum atomic E-state index is 12.8. The van der Waals surface area contributed by atoms with Crippen LogP contribution in [0.25, 0.3) is 0 Å². The number of nitriles is 1. The molecule has 114 valence electrons. The van der Waals surface area contributed by atoms with E-state index >= 15 is 0 Å². The van der Waals surface area contributed by atoms with Crippen molar-refractivity contribution in [3.63, 3.8) is 0 Å². The number of alkyl halides is 3. The lowest BCUT2D eigenvalue weighted by molar-refractivity contribution is -0.141. The van der Waals surface area contributed by atoms with Gasteiger partial charge in [0.05, 0.1) is 5.56 Å². The van der Waals surface area contributed by atoms with E-state index in [1.165, 1.54) is 6.07 Å². The lowest BCUT2D eigenvalue weighted by atomic mass is 10.2. The second kappa shape index (κ2) is 5.90. The molecular formula is C14H17F3N4. The molecule has 2 heterocycles. The number of rotatable bonds is 1. The molecule has 1 saturated heterocycles. The highest BCUT2D eigenvalue weighted by Crippen LogP contribution is 2.31. The SMILES string of the molecule is CC1CN(C)CCCN1c1nc(C(F)(F)F)ccc1C#N. The Bertz CT molecular complexity index is 550. The first-order valence-electron chi connectivity index (χ1n) is 6.76. The number of nitrogens with zero attached hydrogens (tertiary/aromatic N) is 4. The lowest BCUT2D eigenvalue weighted by Crippen LogP contribution is -2.39. The molecule has 0 N–H and O–H groups in total. The molecule has 0 bridgehead atoms. The van der Waals surface area contributed by atoms with Gasteiger partial charge in [-0.2, -0.15) is 18.4 Å². The summed E-state index contributed by atoms with van der Waals surface area (Å²) in [5.41, 5.74) is -0.777. The van der Waals surface area contributed by atoms with Gasteiger partial charge in [-0.1, -0.05) is 0 Å². The molecule has 4 nitrogen and oxygen atoms in total. The van der Waals surface area contributed by atoms with Crippen molar-refractivity contribution in [2.45, 2.75) is 25.6 Å². The summed E-state index contributed by atoms with van der Waals surface area (Å²) in [6, 6.07) is 4.00. The third kappa shape index (κ3) is 3.45. The van der Waals surface area contributed by atoms with Crippen LogP contribution < -0.4 is 4.90 Å². The molecule has 0 amide bonds. The zero-order valence-electron chi connectivity index (χ0n) is 12.0. The van der Waals surface area contributed by atoms with Crippen molar-refractivity contribution < 1.29 is 13.2 Å². The van der Waals surface area contributed by atoms with Gasteiger partial charge in [0.1, 0.15) is 17.6 Å². The summed E-state index contributed by atoms with van der Waals surface area (Å²) in [5, 5.41) is 9.14. The standard InChI is InChI=1S/C14H17F3N4/c1-10-9-20(2)6-3-7-21(10)13-11(8-18)4-5-12(19-13)14(15,16)17/h4-5,10H,3,6-7,9H2,1-2H3. The Kier molecular flexibility index (Phi) is 4.37. The average molecular weight is 298 g/mol. The predicted molar refractivity (Wildman–Crippen MR) is 72.9 cm³/mol. The minimum absolute atomic E-state index is 0.000540. The number of hydrogen-bond acceptors (Lipinski definition) is 4. The minimum atomic E-state index is -4.51. The first-order valence-corrected chi connectivity index (χ1v) is 6.76. The van der Waals surface area contributed by atoms with Crippen LogP contribution in [0.5, 0.6) is 0 Å². The fourth-order valence-corrected chi connectivity index (χ4v) is 2.60. The molecular weight excluding hydrogens is 281 g/mol. The van der Waals surface area contributed by atoms with Crippen LogP contribution in [-0.4, -0.2) is 42.6 Å². The summed E-state index contributed by atoms with van der Waals surface area (Å²) in [4.78, 5) is 7.65. The van der Waals surface area contributed by atoms with Crippen molar-refractivity contribution in [2.24, 2.45) is 0 Å². The first-order chi connectivity index (χ1) is 9.82. The summed E-state index contributed by atoms with van der Waals surface area (Å²) in [7, 11) is 1.98. The zero-order chi connectivity index (χ0) is 15.6. The van der Waals surface area contributed by atoms with Gasteiger partial charge in [-0.25, -0.2) is 4.98 Å². The van der Waals surface area contributed by atoms with Crippen LogP contribution in [0.2, 0.25) is 0 Å². The van der Waals surface area contributed by atoms with E-state index < -0.39 is 11.9 Å². The lowest BCUT2D eigenvalue weighted by Gasteiger charge is -2.30. The molecule has 1 aromatic rings. The van der Waals surface area contributed by atoms with Crippen LogP contribution in [0.1, 0.15) is 24.6 Å². The van der Waals surface area contributed by atoms with Gasteiger partial charge in [-0.3, -0.25) is 0 Å². The van der Waals surface area contributed by atoms with Crippen LogP contribution in [0, 0.1) is 11.3 Å². The fourth-order valence-electron chi connectivity index (χ4n) is 2.60. The van der Waals surface area contributed by atoms with E-state index in [1.807, 2.05) is 20.0 Å². The van der Waals surface area contributed by atoms with E-state index in [9.17, 15) is 13.2 Å². The van der Waals surface area contributed by atoms with Gasteiger partial charge in [0.25, 0.3) is 0 Å². The Balaban J connectivity index is 2.43. The quantitative estimate of drug-likeness (QED) is 0.799. The maximum Gasteiger partial charge on any atom is 0.433 e. The van der Waals surface area contributed by atoms with Crippen LogP contribution in [0.4, 0.5) is 19.0 Å². The van der Waals surface area contributed by atoms with Gasteiger partial charge in [0, 0.05) is 19.1 Å². The molecule has 0 aliphatic carbocycles. The average Bonchev–Trinajstić information content (AvgIpc) is 2.57. The molecule has 1 atom stereocenters. The fraction of sp³-hybridized carbons (Fsp3) is 0.571. The normalized spacial score (nSPS) is 21.0. The minimum Gasteiger partial charge on any atom is -0.351 e. The summed E-state index contributed by atoms with van der Waals surface area (Å²) in [5.74, 6) is 0.134. The summed E-state index contributed by atoms with van der Waals surface area (Å²) < 4.78 is 38.5. The molecule has 0 spiro atoms. The van der Waals surface area contributed by atoms with Gasteiger partial charge < -0.3 is 9.80 Å². The van der Waals surface area contributed by atoms with Crippen molar-refractivity contribution in [2.75, 3.05) is 31.6 Å². The maximum absolute atomic E-state index is 12.8. The van der Waals surface area contributed by atoms with Gasteiger partial charge in [-0.15, -0.1) is 0 Å². The number of halogens is 3. The highest BCUT2D eigenvalue weighted by Gasteiger charge is 2.34. The topological polar surface area (TPSA) is 43.2 Å². The number of aromatic nitrogens is 1. The van der Waals surface area contributed by atoms with Crippen LogP contribution in [0.3, 0.4) is 0 Å². The van der Waals surface area contributed by atoms with Gasteiger partial charge >= 0.3 is 6.18 Å². The van der Waals surface area contributed by atoms with Crippen LogP contribution in [-0.2, 0) is 6.18 Å². The van der Waals surface area contributed by atoms with Gasteiger partial charge in [0.15, 0.2) is 0 Å². The smallest absolute Gasteiger partial charge is 0.351 e. The summed E-state index contributed by atoms with van der Waals surface area (Å²) in [6.45, 7) is 4.13. The highest BCUT2D eigenvalue weighted by molar-refractivity contribution is 5.55. The second-order valence-electron chi connectivity index (χ2n) is 5.34. The monoisotopic (exact) mass is 298 g/mol. The molecule has 0 radical (unpaired) electrons. The van der Waals surface area contributed by atoms with E-state index in [0.717, 1.165) is 25.6 Å². The number of anilines is 1. The molecule has 21 heavy (non-hydrogen) atoms. The second-order valence-corrected chi connectivity index (χ2v) is 5.34. The molecule has 2 rings (SSSR count). The van der Waals surface area contributed by atoms with Crippen LogP contribution >= 0.6 is 0 Å². The van der Waals surface area contributed by atoms with Crippen molar-refractivity contribution >= 4 is 5.82 Å². The van der Waals surface area contributed by atoms with E-state index in [0.29, 0.717) is 6.54 Å². The number of likely N-dealkylation sites (N-methyl/N-ethyl adjacent to an activating group) is 1. The molecule has 1 fully saturated rings. The van der Waals surface area contributed by atoms with Gasteiger partial charge in [-0.05, 0) is 39.1 Å². The first kappa shape index (κ1) is 15.6. The largest absolute Gasteiger partial charge is 0.433 e. The molecule has 1 unspecified atom stereocenters. The van der Waals surface area contributed by atoms with Crippen molar-refractivity contribution in [1.29, 1.82) is 5.26 Å². The Hall–Kier alpha value is -1.81. The number of hydrogen-bond donors (Lipinski definition) is 0. The molecule has 0 aromatic carbocycles. The Morgan fingerprint density at radius 3 is 2.67 bits per heavy atom. The summed E-state index contributed by atoms with van der Waals surface area (Å²) in [6.07, 6.45) is -3.68. The Morgan fingerprint density at radius 2 is 2.05 bits per heavy atom. The zero-order valence-corrected chi connectivity index (χ0v) is 12.0. The Labute approximate surface area is 121 Å². The van der Waals surface area contributed by atoms with E-state index in [4.69, 9.17) is 5.26 Å². The highest BCUT2D eigenvalue weighted by atomic mass is 19.4. The third-order valence-electron chi connectivity index (χ3n) is 3.60.